The summed E-state index contributed by atoms with van der Waals surface area (Å²) in [6.07, 6.45) is 1.40. The van der Waals surface area contributed by atoms with Gasteiger partial charge in [0.2, 0.25) is 0 Å². The Bertz CT molecular complexity index is 1580. The number of carbonyl (C=O) groups is 1. The smallest absolute Gasteiger partial charge is 0.343 e. The maximum absolute atomic E-state index is 12.6. The SMILES string of the molecule is CCOC(=O)c1cnn(-c2ccc3ccccc3n2)c1Nc1ccc(-c2cccc([N+](=O)[O-])c2)nn1. The number of ether oxygens (including phenoxy) is 1. The van der Waals surface area contributed by atoms with Gasteiger partial charge in [-0.15, -0.1) is 10.2 Å². The third kappa shape index (κ3) is 4.44. The number of nitro groups is 1. The van der Waals surface area contributed by atoms with E-state index in [1.165, 1.54) is 23.0 Å². The first-order valence-electron chi connectivity index (χ1n) is 11.0. The van der Waals surface area contributed by atoms with Crippen LogP contribution < -0.4 is 5.32 Å². The topological polar surface area (TPSA) is 138 Å². The van der Waals surface area contributed by atoms with E-state index in [-0.39, 0.29) is 17.9 Å². The quantitative estimate of drug-likeness (QED) is 0.199. The van der Waals surface area contributed by atoms with E-state index in [0.717, 1.165) is 10.9 Å². The lowest BCUT2D eigenvalue weighted by Crippen LogP contribution is -2.11. The molecule has 0 fully saturated rings. The van der Waals surface area contributed by atoms with Crippen molar-refractivity contribution in [3.63, 3.8) is 0 Å². The van der Waals surface area contributed by atoms with Gasteiger partial charge in [-0.05, 0) is 37.3 Å². The van der Waals surface area contributed by atoms with Crippen molar-refractivity contribution in [2.24, 2.45) is 0 Å². The molecule has 0 aliphatic rings. The van der Waals surface area contributed by atoms with Crippen LogP contribution in [-0.4, -0.2) is 42.5 Å². The average Bonchev–Trinajstić information content (AvgIpc) is 3.32. The Balaban J connectivity index is 1.50. The minimum absolute atomic E-state index is 0.0395. The molecule has 0 bridgehead atoms. The van der Waals surface area contributed by atoms with Crippen molar-refractivity contribution in [2.45, 2.75) is 6.92 Å². The molecule has 0 atom stereocenters. The summed E-state index contributed by atoms with van der Waals surface area (Å²) >= 11 is 0. The van der Waals surface area contributed by atoms with Crippen molar-refractivity contribution in [1.82, 2.24) is 25.0 Å². The summed E-state index contributed by atoms with van der Waals surface area (Å²) in [5.74, 6) is 0.590. The Hall–Kier alpha value is -5.19. The molecule has 0 radical (unpaired) electrons. The zero-order valence-electron chi connectivity index (χ0n) is 19.0. The number of nitrogens with one attached hydrogen (secondary N) is 1. The molecule has 36 heavy (non-hydrogen) atoms. The van der Waals surface area contributed by atoms with Crippen LogP contribution in [0.15, 0.2) is 79.0 Å². The Labute approximate surface area is 204 Å². The molecule has 11 nitrogen and oxygen atoms in total. The third-order valence-corrected chi connectivity index (χ3v) is 5.33. The number of benzene rings is 2. The van der Waals surface area contributed by atoms with Gasteiger partial charge >= 0.3 is 5.97 Å². The second-order valence-corrected chi connectivity index (χ2v) is 7.64. The lowest BCUT2D eigenvalue weighted by molar-refractivity contribution is -0.384. The molecule has 3 aromatic heterocycles. The van der Waals surface area contributed by atoms with E-state index in [9.17, 15) is 14.9 Å². The van der Waals surface area contributed by atoms with E-state index in [0.29, 0.717) is 28.7 Å². The molecule has 5 aromatic rings. The lowest BCUT2D eigenvalue weighted by Gasteiger charge is -2.11. The molecular formula is C25H19N7O4. The number of rotatable bonds is 7. The zero-order valence-corrected chi connectivity index (χ0v) is 19.0. The molecule has 0 aliphatic carbocycles. The van der Waals surface area contributed by atoms with Crippen LogP contribution in [0, 0.1) is 10.1 Å². The summed E-state index contributed by atoms with van der Waals surface area (Å²) in [5, 5.41) is 27.9. The fraction of sp³-hybridized carbons (Fsp3) is 0.0800. The summed E-state index contributed by atoms with van der Waals surface area (Å²) in [6, 6.07) is 20.8. The van der Waals surface area contributed by atoms with Crippen molar-refractivity contribution in [3.05, 3.63) is 94.7 Å². The van der Waals surface area contributed by atoms with Crippen molar-refractivity contribution < 1.29 is 14.5 Å². The molecule has 0 spiro atoms. The van der Waals surface area contributed by atoms with Crippen LogP contribution in [0.5, 0.6) is 0 Å². The Morgan fingerprint density at radius 1 is 1.06 bits per heavy atom. The van der Waals surface area contributed by atoms with Crippen LogP contribution in [0.2, 0.25) is 0 Å². The highest BCUT2D eigenvalue weighted by molar-refractivity contribution is 5.95. The molecule has 11 heteroatoms. The third-order valence-electron chi connectivity index (χ3n) is 5.33. The number of esters is 1. The standard InChI is InChI=1S/C25H19N7O4/c1-2-36-25(33)19-15-26-31(23-13-10-16-6-3-4-9-20(16)27-23)24(19)28-22-12-11-21(29-30-22)17-7-5-8-18(14-17)32(34)35/h3-15H,2H2,1H3,(H,28,30). The van der Waals surface area contributed by atoms with Gasteiger partial charge in [-0.3, -0.25) is 10.1 Å². The molecule has 3 heterocycles. The molecular weight excluding hydrogens is 462 g/mol. The predicted octanol–water partition coefficient (Wildman–Crippen LogP) is 4.71. The van der Waals surface area contributed by atoms with Gasteiger partial charge in [-0.1, -0.05) is 30.3 Å². The van der Waals surface area contributed by atoms with Crippen molar-refractivity contribution in [1.29, 1.82) is 0 Å². The molecule has 178 valence electrons. The summed E-state index contributed by atoms with van der Waals surface area (Å²) in [5.41, 5.74) is 1.95. The molecule has 1 N–H and O–H groups in total. The number of hydrogen-bond acceptors (Lipinski definition) is 9. The number of non-ortho nitro benzene ring substituents is 1. The monoisotopic (exact) mass is 481 g/mol. The van der Waals surface area contributed by atoms with E-state index < -0.39 is 10.9 Å². The van der Waals surface area contributed by atoms with Gasteiger partial charge in [0.1, 0.15) is 5.56 Å². The van der Waals surface area contributed by atoms with E-state index in [1.54, 1.807) is 37.3 Å². The number of nitrogens with zero attached hydrogens (tertiary/aromatic N) is 6. The number of para-hydroxylation sites is 1. The number of pyridine rings is 1. The van der Waals surface area contributed by atoms with Gasteiger partial charge in [-0.2, -0.15) is 9.78 Å². The predicted molar refractivity (Wildman–Crippen MR) is 132 cm³/mol. The molecule has 5 rings (SSSR count). The van der Waals surface area contributed by atoms with E-state index in [4.69, 9.17) is 4.74 Å². The highest BCUT2D eigenvalue weighted by Crippen LogP contribution is 2.26. The minimum atomic E-state index is -0.548. The molecule has 0 saturated heterocycles. The number of carbonyl (C=O) groups excluding carboxylic acids is 1. The molecule has 0 aliphatic heterocycles. The number of anilines is 2. The molecule has 2 aromatic carbocycles. The number of nitro benzene ring substituents is 1. The second kappa shape index (κ2) is 9.58. The summed E-state index contributed by atoms with van der Waals surface area (Å²) in [6.45, 7) is 1.92. The van der Waals surface area contributed by atoms with Crippen LogP contribution in [0.3, 0.4) is 0 Å². The first-order valence-corrected chi connectivity index (χ1v) is 11.0. The fourth-order valence-corrected chi connectivity index (χ4v) is 3.63. The molecule has 0 amide bonds. The highest BCUT2D eigenvalue weighted by atomic mass is 16.6. The van der Waals surface area contributed by atoms with Crippen LogP contribution >= 0.6 is 0 Å². The normalized spacial score (nSPS) is 10.8. The van der Waals surface area contributed by atoms with Gasteiger partial charge < -0.3 is 10.1 Å². The summed E-state index contributed by atoms with van der Waals surface area (Å²) < 4.78 is 6.68. The van der Waals surface area contributed by atoms with Crippen LogP contribution in [0.25, 0.3) is 28.0 Å². The summed E-state index contributed by atoms with van der Waals surface area (Å²) in [4.78, 5) is 27.9. The maximum atomic E-state index is 12.6. The second-order valence-electron chi connectivity index (χ2n) is 7.64. The Kier molecular flexibility index (Phi) is 6.02. The van der Waals surface area contributed by atoms with E-state index in [1.807, 2.05) is 30.3 Å². The Morgan fingerprint density at radius 2 is 1.92 bits per heavy atom. The summed E-state index contributed by atoms with van der Waals surface area (Å²) in [7, 11) is 0. The van der Waals surface area contributed by atoms with Gasteiger partial charge in [0, 0.05) is 23.1 Å². The van der Waals surface area contributed by atoms with Gasteiger partial charge in [-0.25, -0.2) is 9.78 Å². The number of hydrogen-bond donors (Lipinski definition) is 1. The van der Waals surface area contributed by atoms with Crippen LogP contribution in [0.4, 0.5) is 17.3 Å². The zero-order chi connectivity index (χ0) is 25.1. The first-order chi connectivity index (χ1) is 17.5. The van der Waals surface area contributed by atoms with Crippen molar-refractivity contribution in [3.8, 4) is 17.1 Å². The number of fused-ring (bicyclic) bond motifs is 1. The van der Waals surface area contributed by atoms with E-state index in [2.05, 4.69) is 25.6 Å². The average molecular weight is 481 g/mol. The van der Waals surface area contributed by atoms with Crippen molar-refractivity contribution in [2.75, 3.05) is 11.9 Å². The van der Waals surface area contributed by atoms with Gasteiger partial charge in [0.15, 0.2) is 17.5 Å². The van der Waals surface area contributed by atoms with Crippen LogP contribution in [0.1, 0.15) is 17.3 Å². The molecule has 0 saturated carbocycles. The fourth-order valence-electron chi connectivity index (χ4n) is 3.63. The largest absolute Gasteiger partial charge is 0.462 e. The van der Waals surface area contributed by atoms with Gasteiger partial charge in [0.05, 0.1) is 28.9 Å². The lowest BCUT2D eigenvalue weighted by atomic mass is 10.1. The van der Waals surface area contributed by atoms with Crippen LogP contribution in [-0.2, 0) is 4.74 Å². The first kappa shape index (κ1) is 22.6. The maximum Gasteiger partial charge on any atom is 0.343 e. The van der Waals surface area contributed by atoms with Crippen molar-refractivity contribution >= 4 is 34.2 Å². The highest BCUT2D eigenvalue weighted by Gasteiger charge is 2.21. The molecule has 0 unspecified atom stereocenters. The Morgan fingerprint density at radius 3 is 2.69 bits per heavy atom. The van der Waals surface area contributed by atoms with Gasteiger partial charge in [0.25, 0.3) is 5.69 Å². The minimum Gasteiger partial charge on any atom is -0.462 e. The number of aromatic nitrogens is 5. The van der Waals surface area contributed by atoms with E-state index >= 15 is 0 Å².